The van der Waals surface area contributed by atoms with Gasteiger partial charge in [-0.15, -0.1) is 0 Å². The lowest BCUT2D eigenvalue weighted by molar-refractivity contribution is -0.117. The Kier molecular flexibility index (Phi) is 6.86. The summed E-state index contributed by atoms with van der Waals surface area (Å²) in [5.41, 5.74) is 1.73. The number of aromatic nitrogens is 1. The van der Waals surface area contributed by atoms with Crippen molar-refractivity contribution in [2.24, 2.45) is 0 Å². The number of benzene rings is 2. The highest BCUT2D eigenvalue weighted by atomic mass is 19.1. The van der Waals surface area contributed by atoms with Gasteiger partial charge in [0.15, 0.2) is 0 Å². The van der Waals surface area contributed by atoms with Crippen LogP contribution in [0.25, 0.3) is 0 Å². The molecule has 0 bridgehead atoms. The smallest absolute Gasteiger partial charge is 0.238 e. The number of carbonyl (C=O) groups excluding carboxylic acids is 1. The summed E-state index contributed by atoms with van der Waals surface area (Å²) in [7, 11) is 0. The van der Waals surface area contributed by atoms with Gasteiger partial charge < -0.3 is 10.1 Å². The quantitative estimate of drug-likeness (QED) is 0.631. The Bertz CT molecular complexity index is 990. The van der Waals surface area contributed by atoms with Crippen LogP contribution >= 0.6 is 0 Å². The van der Waals surface area contributed by atoms with Crippen LogP contribution in [0.5, 0.6) is 11.5 Å². The molecule has 4 rings (SSSR count). The molecule has 0 aliphatic carbocycles. The van der Waals surface area contributed by atoms with Gasteiger partial charge in [0.1, 0.15) is 17.3 Å². The molecule has 7 heteroatoms. The summed E-state index contributed by atoms with van der Waals surface area (Å²) in [6.07, 6.45) is 3.42. The van der Waals surface area contributed by atoms with Crippen LogP contribution < -0.4 is 10.1 Å². The van der Waals surface area contributed by atoms with Crippen LogP contribution in [0.4, 0.5) is 10.1 Å². The van der Waals surface area contributed by atoms with E-state index in [1.54, 1.807) is 24.5 Å². The van der Waals surface area contributed by atoms with Crippen molar-refractivity contribution in [1.82, 2.24) is 14.8 Å². The van der Waals surface area contributed by atoms with Crippen molar-refractivity contribution in [3.8, 4) is 11.5 Å². The molecular weight excluding hydrogens is 395 g/mol. The molecule has 1 aliphatic rings. The fraction of sp³-hybridized carbons (Fsp3) is 0.250. The van der Waals surface area contributed by atoms with E-state index in [2.05, 4.69) is 26.2 Å². The highest BCUT2D eigenvalue weighted by molar-refractivity contribution is 5.92. The van der Waals surface area contributed by atoms with Gasteiger partial charge in [0.2, 0.25) is 5.91 Å². The van der Waals surface area contributed by atoms with Crippen molar-refractivity contribution >= 4 is 11.6 Å². The Hall–Kier alpha value is -3.29. The SMILES string of the molecule is O=C(CN1CCN(Cc2ccccc2Oc2cccnc2)CC1)Nc1ccc(F)cc1. The molecule has 0 unspecified atom stereocenters. The molecule has 1 aliphatic heterocycles. The molecule has 1 fully saturated rings. The zero-order valence-electron chi connectivity index (χ0n) is 17.2. The maximum absolute atomic E-state index is 13.0. The average Bonchev–Trinajstić information content (AvgIpc) is 2.79. The maximum Gasteiger partial charge on any atom is 0.238 e. The van der Waals surface area contributed by atoms with Gasteiger partial charge in [-0.1, -0.05) is 18.2 Å². The molecule has 3 aromatic rings. The Balaban J connectivity index is 1.27. The number of anilines is 1. The second kappa shape index (κ2) is 10.1. The number of piperazine rings is 1. The van der Waals surface area contributed by atoms with Gasteiger partial charge in [0.25, 0.3) is 0 Å². The number of pyridine rings is 1. The van der Waals surface area contributed by atoms with Crippen LogP contribution in [0.15, 0.2) is 73.1 Å². The van der Waals surface area contributed by atoms with Crippen LogP contribution in [0, 0.1) is 5.82 Å². The minimum atomic E-state index is -0.318. The van der Waals surface area contributed by atoms with E-state index in [1.165, 1.54) is 12.1 Å². The number of ether oxygens (including phenoxy) is 1. The molecule has 1 aromatic heterocycles. The van der Waals surface area contributed by atoms with Crippen LogP contribution in [0.3, 0.4) is 0 Å². The predicted molar refractivity (Wildman–Crippen MR) is 117 cm³/mol. The fourth-order valence-electron chi connectivity index (χ4n) is 3.55. The highest BCUT2D eigenvalue weighted by Crippen LogP contribution is 2.26. The van der Waals surface area contributed by atoms with E-state index in [4.69, 9.17) is 4.74 Å². The summed E-state index contributed by atoms with van der Waals surface area (Å²) in [6.45, 7) is 4.46. The first kappa shape index (κ1) is 21.0. The standard InChI is InChI=1S/C24H25FN4O2/c25-20-7-9-21(10-8-20)27-24(30)18-29-14-12-28(13-15-29)17-19-4-1-2-6-23(19)31-22-5-3-11-26-16-22/h1-11,16H,12-15,17-18H2,(H,27,30). The van der Waals surface area contributed by atoms with E-state index in [1.807, 2.05) is 30.3 Å². The molecule has 0 saturated carbocycles. The molecule has 160 valence electrons. The topological polar surface area (TPSA) is 57.7 Å². The first-order chi connectivity index (χ1) is 15.2. The second-order valence-corrected chi connectivity index (χ2v) is 7.51. The van der Waals surface area contributed by atoms with Crippen LogP contribution in [0.1, 0.15) is 5.56 Å². The molecule has 2 heterocycles. The third-order valence-corrected chi connectivity index (χ3v) is 5.19. The second-order valence-electron chi connectivity index (χ2n) is 7.51. The number of nitrogens with one attached hydrogen (secondary N) is 1. The Morgan fingerprint density at radius 3 is 2.45 bits per heavy atom. The van der Waals surface area contributed by atoms with Gasteiger partial charge in [0.05, 0.1) is 12.7 Å². The number of para-hydroxylation sites is 1. The van der Waals surface area contributed by atoms with Crippen molar-refractivity contribution in [2.75, 3.05) is 38.0 Å². The number of hydrogen-bond donors (Lipinski definition) is 1. The van der Waals surface area contributed by atoms with Crippen molar-refractivity contribution in [3.63, 3.8) is 0 Å². The van der Waals surface area contributed by atoms with Crippen molar-refractivity contribution < 1.29 is 13.9 Å². The normalized spacial score (nSPS) is 14.9. The summed E-state index contributed by atoms with van der Waals surface area (Å²) < 4.78 is 19.0. The van der Waals surface area contributed by atoms with E-state index in [9.17, 15) is 9.18 Å². The van der Waals surface area contributed by atoms with Crippen LogP contribution in [-0.4, -0.2) is 53.4 Å². The highest BCUT2D eigenvalue weighted by Gasteiger charge is 2.20. The molecule has 0 atom stereocenters. The van der Waals surface area contributed by atoms with Gasteiger partial charge >= 0.3 is 0 Å². The summed E-state index contributed by atoms with van der Waals surface area (Å²) in [4.78, 5) is 20.9. The first-order valence-corrected chi connectivity index (χ1v) is 10.3. The third-order valence-electron chi connectivity index (χ3n) is 5.19. The van der Waals surface area contributed by atoms with Gasteiger partial charge in [-0.2, -0.15) is 0 Å². The van der Waals surface area contributed by atoms with E-state index in [0.29, 0.717) is 18.0 Å². The monoisotopic (exact) mass is 420 g/mol. The molecule has 6 nitrogen and oxygen atoms in total. The van der Waals surface area contributed by atoms with Gasteiger partial charge in [-0.3, -0.25) is 19.6 Å². The van der Waals surface area contributed by atoms with Gasteiger partial charge in [-0.25, -0.2) is 4.39 Å². The van der Waals surface area contributed by atoms with Crippen molar-refractivity contribution in [2.45, 2.75) is 6.54 Å². The Morgan fingerprint density at radius 1 is 0.968 bits per heavy atom. The van der Waals surface area contributed by atoms with Crippen LogP contribution in [0.2, 0.25) is 0 Å². The van der Waals surface area contributed by atoms with Crippen molar-refractivity contribution in [1.29, 1.82) is 0 Å². The van der Waals surface area contributed by atoms with Crippen molar-refractivity contribution in [3.05, 3.63) is 84.4 Å². The number of carbonyl (C=O) groups is 1. The molecule has 1 N–H and O–H groups in total. The van der Waals surface area contributed by atoms with E-state index in [0.717, 1.165) is 44.0 Å². The lowest BCUT2D eigenvalue weighted by Crippen LogP contribution is -2.48. The largest absolute Gasteiger partial charge is 0.455 e. The fourth-order valence-corrected chi connectivity index (χ4v) is 3.55. The zero-order valence-corrected chi connectivity index (χ0v) is 17.2. The summed E-state index contributed by atoms with van der Waals surface area (Å²) >= 11 is 0. The van der Waals surface area contributed by atoms with E-state index in [-0.39, 0.29) is 11.7 Å². The molecule has 31 heavy (non-hydrogen) atoms. The minimum absolute atomic E-state index is 0.0877. The predicted octanol–water partition coefficient (Wildman–Crippen LogP) is 3.77. The summed E-state index contributed by atoms with van der Waals surface area (Å²) in [5, 5.41) is 2.82. The number of nitrogens with zero attached hydrogens (tertiary/aromatic N) is 3. The molecule has 0 radical (unpaired) electrons. The van der Waals surface area contributed by atoms with Gasteiger partial charge in [0, 0.05) is 50.2 Å². The van der Waals surface area contributed by atoms with Gasteiger partial charge in [-0.05, 0) is 42.5 Å². The Morgan fingerprint density at radius 2 is 1.71 bits per heavy atom. The first-order valence-electron chi connectivity index (χ1n) is 10.3. The number of halogens is 1. The number of amides is 1. The third kappa shape index (κ3) is 6.10. The van der Waals surface area contributed by atoms with E-state index < -0.39 is 0 Å². The lowest BCUT2D eigenvalue weighted by Gasteiger charge is -2.34. The summed E-state index contributed by atoms with van der Waals surface area (Å²) in [5.74, 6) is 1.14. The van der Waals surface area contributed by atoms with E-state index >= 15 is 0 Å². The molecule has 1 amide bonds. The Labute approximate surface area is 181 Å². The average molecular weight is 420 g/mol. The summed E-state index contributed by atoms with van der Waals surface area (Å²) in [6, 6.07) is 17.6. The molecule has 1 saturated heterocycles. The molecular formula is C24H25FN4O2. The lowest BCUT2D eigenvalue weighted by atomic mass is 10.1. The minimum Gasteiger partial charge on any atom is -0.455 e. The maximum atomic E-state index is 13.0. The molecule has 2 aromatic carbocycles. The molecule has 0 spiro atoms. The zero-order chi connectivity index (χ0) is 21.5. The number of hydrogen-bond acceptors (Lipinski definition) is 5. The van der Waals surface area contributed by atoms with Crippen LogP contribution in [-0.2, 0) is 11.3 Å². The number of rotatable bonds is 7.